The molecule has 22 heavy (non-hydrogen) atoms. The predicted octanol–water partition coefficient (Wildman–Crippen LogP) is 2.00. The molecule has 0 unspecified atom stereocenters. The van der Waals surface area contributed by atoms with Crippen molar-refractivity contribution in [3.8, 4) is 0 Å². The first-order valence-corrected chi connectivity index (χ1v) is 9.09. The highest BCUT2D eigenvalue weighted by atomic mass is 32.1. The second kappa shape index (κ2) is 7.94. The zero-order chi connectivity index (χ0) is 15.2. The number of ether oxygens (including phenoxy) is 1. The third-order valence-electron chi connectivity index (χ3n) is 4.45. The van der Waals surface area contributed by atoms with Gasteiger partial charge in [-0.1, -0.05) is 0 Å². The van der Waals surface area contributed by atoms with E-state index in [-0.39, 0.29) is 6.03 Å². The Hall–Kier alpha value is -1.11. The number of amides is 2. The van der Waals surface area contributed by atoms with E-state index in [2.05, 4.69) is 21.7 Å². The number of likely N-dealkylation sites (tertiary alicyclic amines) is 1. The van der Waals surface area contributed by atoms with Crippen LogP contribution in [0.1, 0.15) is 18.4 Å². The number of nitrogens with zero attached hydrogens (tertiary/aromatic N) is 2. The second-order valence-corrected chi connectivity index (χ2v) is 6.94. The van der Waals surface area contributed by atoms with Crippen LogP contribution in [0.15, 0.2) is 16.8 Å². The van der Waals surface area contributed by atoms with Crippen LogP contribution in [0.3, 0.4) is 0 Å². The van der Waals surface area contributed by atoms with Gasteiger partial charge >= 0.3 is 6.03 Å². The van der Waals surface area contributed by atoms with Crippen LogP contribution in [-0.2, 0) is 11.3 Å². The zero-order valence-electron chi connectivity index (χ0n) is 13.0. The average molecular weight is 323 g/mol. The van der Waals surface area contributed by atoms with E-state index in [0.29, 0.717) is 12.5 Å². The first-order chi connectivity index (χ1) is 10.8. The number of carbonyl (C=O) groups is 1. The number of carbonyl (C=O) groups excluding carboxylic acids is 1. The number of rotatable bonds is 4. The minimum Gasteiger partial charge on any atom is -0.379 e. The molecule has 6 heteroatoms. The van der Waals surface area contributed by atoms with Gasteiger partial charge in [-0.15, -0.1) is 0 Å². The van der Waals surface area contributed by atoms with Crippen molar-refractivity contribution in [1.82, 2.24) is 15.1 Å². The molecule has 5 nitrogen and oxygen atoms in total. The molecule has 0 spiro atoms. The molecule has 2 aliphatic rings. The molecule has 2 aliphatic heterocycles. The molecular weight excluding hydrogens is 298 g/mol. The van der Waals surface area contributed by atoms with Crippen molar-refractivity contribution in [3.05, 3.63) is 22.4 Å². The van der Waals surface area contributed by atoms with Gasteiger partial charge in [0.15, 0.2) is 0 Å². The van der Waals surface area contributed by atoms with Gasteiger partial charge in [-0.3, -0.25) is 4.90 Å². The molecule has 1 aromatic heterocycles. The lowest BCUT2D eigenvalue weighted by Crippen LogP contribution is -2.48. The molecule has 1 N–H and O–H groups in total. The summed E-state index contributed by atoms with van der Waals surface area (Å²) in [6, 6.07) is 2.14. The monoisotopic (exact) mass is 323 g/mol. The summed E-state index contributed by atoms with van der Waals surface area (Å²) in [5.74, 6) is 0.596. The van der Waals surface area contributed by atoms with E-state index in [4.69, 9.17) is 4.74 Å². The fraction of sp³-hybridized carbons (Fsp3) is 0.688. The second-order valence-electron chi connectivity index (χ2n) is 6.16. The molecule has 0 saturated carbocycles. The Kier molecular flexibility index (Phi) is 5.70. The minimum absolute atomic E-state index is 0.0814. The van der Waals surface area contributed by atoms with Crippen molar-refractivity contribution in [2.75, 3.05) is 45.9 Å². The van der Waals surface area contributed by atoms with Crippen LogP contribution in [-0.4, -0.2) is 61.8 Å². The van der Waals surface area contributed by atoms with Crippen molar-refractivity contribution in [2.24, 2.45) is 5.92 Å². The Bertz CT molecular complexity index is 460. The summed E-state index contributed by atoms with van der Waals surface area (Å²) in [7, 11) is 0. The third kappa shape index (κ3) is 4.44. The van der Waals surface area contributed by atoms with Gasteiger partial charge in [0.25, 0.3) is 0 Å². The van der Waals surface area contributed by atoms with Crippen molar-refractivity contribution in [3.63, 3.8) is 0 Å². The lowest BCUT2D eigenvalue weighted by molar-refractivity contribution is 0.0249. The quantitative estimate of drug-likeness (QED) is 0.922. The number of thiophene rings is 1. The zero-order valence-corrected chi connectivity index (χ0v) is 13.8. The average Bonchev–Trinajstić information content (AvgIpc) is 3.07. The maximum absolute atomic E-state index is 12.3. The van der Waals surface area contributed by atoms with Crippen LogP contribution in [0.2, 0.25) is 0 Å². The lowest BCUT2D eigenvalue weighted by atomic mass is 9.97. The summed E-state index contributed by atoms with van der Waals surface area (Å²) in [6.07, 6.45) is 2.34. The Morgan fingerprint density at radius 1 is 1.36 bits per heavy atom. The van der Waals surface area contributed by atoms with Crippen molar-refractivity contribution < 1.29 is 9.53 Å². The summed E-state index contributed by atoms with van der Waals surface area (Å²) in [6.45, 7) is 7.24. The van der Waals surface area contributed by atoms with Crippen LogP contribution in [0.5, 0.6) is 0 Å². The number of nitrogens with one attached hydrogen (secondary N) is 1. The maximum Gasteiger partial charge on any atom is 0.317 e. The summed E-state index contributed by atoms with van der Waals surface area (Å²) < 4.78 is 5.40. The fourth-order valence-corrected chi connectivity index (χ4v) is 3.90. The molecule has 1 aromatic rings. The molecule has 1 atom stereocenters. The van der Waals surface area contributed by atoms with E-state index < -0.39 is 0 Å². The minimum atomic E-state index is 0.0814. The fourth-order valence-electron chi connectivity index (χ4n) is 3.23. The van der Waals surface area contributed by atoms with E-state index in [1.165, 1.54) is 12.0 Å². The Balaban J connectivity index is 1.43. The Labute approximate surface area is 136 Å². The summed E-state index contributed by atoms with van der Waals surface area (Å²) in [5.41, 5.74) is 1.18. The number of hydrogen-bond acceptors (Lipinski definition) is 4. The van der Waals surface area contributed by atoms with Crippen LogP contribution in [0.25, 0.3) is 0 Å². The topological polar surface area (TPSA) is 44.8 Å². The molecule has 2 fully saturated rings. The first kappa shape index (κ1) is 15.8. The summed E-state index contributed by atoms with van der Waals surface area (Å²) in [5, 5.41) is 7.16. The molecule has 0 bridgehead atoms. The highest BCUT2D eigenvalue weighted by molar-refractivity contribution is 7.07. The highest BCUT2D eigenvalue weighted by Gasteiger charge is 2.25. The van der Waals surface area contributed by atoms with E-state index in [9.17, 15) is 4.79 Å². The van der Waals surface area contributed by atoms with E-state index in [1.807, 2.05) is 10.3 Å². The smallest absolute Gasteiger partial charge is 0.317 e. The van der Waals surface area contributed by atoms with Gasteiger partial charge in [0.2, 0.25) is 0 Å². The number of piperidine rings is 1. The van der Waals surface area contributed by atoms with Crippen LogP contribution < -0.4 is 5.32 Å². The van der Waals surface area contributed by atoms with E-state index >= 15 is 0 Å². The lowest BCUT2D eigenvalue weighted by Gasteiger charge is -2.36. The van der Waals surface area contributed by atoms with E-state index in [1.54, 1.807) is 11.3 Å². The van der Waals surface area contributed by atoms with E-state index in [0.717, 1.165) is 52.4 Å². The summed E-state index contributed by atoms with van der Waals surface area (Å²) in [4.78, 5) is 16.8. The number of morpholine rings is 1. The molecule has 2 amide bonds. The van der Waals surface area contributed by atoms with Gasteiger partial charge in [-0.2, -0.15) is 11.3 Å². The molecule has 122 valence electrons. The molecule has 2 saturated heterocycles. The normalized spacial score (nSPS) is 23.5. The van der Waals surface area contributed by atoms with Crippen LogP contribution in [0, 0.1) is 5.92 Å². The molecular formula is C16H25N3O2S. The summed E-state index contributed by atoms with van der Waals surface area (Å²) >= 11 is 1.67. The number of urea groups is 1. The Morgan fingerprint density at radius 2 is 2.23 bits per heavy atom. The maximum atomic E-state index is 12.3. The molecule has 0 aliphatic carbocycles. The SMILES string of the molecule is O=C(NCc1ccsc1)N1CCC[C@H](CN2CCOCC2)C1. The molecule has 0 aromatic carbocycles. The molecule has 3 rings (SSSR count). The van der Waals surface area contributed by atoms with Gasteiger partial charge < -0.3 is 15.0 Å². The molecule has 0 radical (unpaired) electrons. The highest BCUT2D eigenvalue weighted by Crippen LogP contribution is 2.18. The largest absolute Gasteiger partial charge is 0.379 e. The third-order valence-corrected chi connectivity index (χ3v) is 5.18. The first-order valence-electron chi connectivity index (χ1n) is 8.15. The van der Waals surface area contributed by atoms with Gasteiger partial charge in [-0.05, 0) is 41.1 Å². The van der Waals surface area contributed by atoms with Crippen LogP contribution in [0.4, 0.5) is 4.79 Å². The van der Waals surface area contributed by atoms with Crippen LogP contribution >= 0.6 is 11.3 Å². The molecule has 3 heterocycles. The van der Waals surface area contributed by atoms with Gasteiger partial charge in [0.1, 0.15) is 0 Å². The Morgan fingerprint density at radius 3 is 3.00 bits per heavy atom. The van der Waals surface area contributed by atoms with Crippen molar-refractivity contribution in [1.29, 1.82) is 0 Å². The van der Waals surface area contributed by atoms with Gasteiger partial charge in [-0.25, -0.2) is 4.79 Å². The van der Waals surface area contributed by atoms with Gasteiger partial charge in [0, 0.05) is 39.3 Å². The van der Waals surface area contributed by atoms with Gasteiger partial charge in [0.05, 0.1) is 13.2 Å². The van der Waals surface area contributed by atoms with Crippen molar-refractivity contribution in [2.45, 2.75) is 19.4 Å². The van der Waals surface area contributed by atoms with Crippen molar-refractivity contribution >= 4 is 17.4 Å². The number of hydrogen-bond donors (Lipinski definition) is 1. The standard InChI is InChI=1S/C16H25N3O2S/c20-16(17-10-14-3-9-22-13-14)19-4-1-2-15(12-19)11-18-5-7-21-8-6-18/h3,9,13,15H,1-2,4-8,10-12H2,(H,17,20)/t15-/m1/s1. The predicted molar refractivity (Wildman–Crippen MR) is 88.1 cm³/mol.